The van der Waals surface area contributed by atoms with Gasteiger partial charge in [-0.25, -0.2) is 17.6 Å². The lowest BCUT2D eigenvalue weighted by Gasteiger charge is -2.13. The van der Waals surface area contributed by atoms with Crippen LogP contribution in [0.3, 0.4) is 0 Å². The molecule has 0 spiro atoms. The zero-order valence-corrected chi connectivity index (χ0v) is 12.5. The average molecular weight is 340 g/mol. The van der Waals surface area contributed by atoms with Gasteiger partial charge in [0.15, 0.2) is 23.3 Å². The minimum Gasteiger partial charge on any atom is -0.398 e. The van der Waals surface area contributed by atoms with Crippen LogP contribution < -0.4 is 5.73 Å². The molecule has 0 amide bonds. The normalized spacial score (nSPS) is 11.3. The van der Waals surface area contributed by atoms with Crippen molar-refractivity contribution in [1.82, 2.24) is 0 Å². The third kappa shape index (κ3) is 2.09. The molecule has 0 fully saturated rings. The van der Waals surface area contributed by atoms with E-state index in [1.54, 1.807) is 0 Å². The van der Waals surface area contributed by atoms with E-state index in [2.05, 4.69) is 0 Å². The van der Waals surface area contributed by atoms with Crippen molar-refractivity contribution in [2.24, 2.45) is 0 Å². The highest BCUT2D eigenvalue weighted by Crippen LogP contribution is 2.38. The van der Waals surface area contributed by atoms with Gasteiger partial charge in [-0.3, -0.25) is 0 Å². The highest BCUT2D eigenvalue weighted by Gasteiger charge is 2.16. The molecule has 0 heterocycles. The summed E-state index contributed by atoms with van der Waals surface area (Å²) < 4.78 is 55.1. The Labute approximate surface area is 138 Å². The first-order valence-corrected chi connectivity index (χ1v) is 7.23. The van der Waals surface area contributed by atoms with Crippen molar-refractivity contribution < 1.29 is 17.6 Å². The smallest absolute Gasteiger partial charge is 0.159 e. The van der Waals surface area contributed by atoms with Crippen LogP contribution in [0.2, 0.25) is 0 Å². The van der Waals surface area contributed by atoms with Gasteiger partial charge in [-0.15, -0.1) is 0 Å². The SMILES string of the molecule is N#Cc1cc2c(cc1N)c1cc(F)c(F)cc1c1cc(F)c(F)cc12. The number of nitrogen functional groups attached to an aromatic ring is 1. The molecule has 25 heavy (non-hydrogen) atoms. The number of hydrogen-bond donors (Lipinski definition) is 1. The molecule has 6 heteroatoms. The molecule has 0 saturated carbocycles. The van der Waals surface area contributed by atoms with Crippen LogP contribution in [0.1, 0.15) is 5.56 Å². The highest BCUT2D eigenvalue weighted by atomic mass is 19.2. The third-order valence-electron chi connectivity index (χ3n) is 4.30. The van der Waals surface area contributed by atoms with Gasteiger partial charge in [0.05, 0.1) is 11.3 Å². The van der Waals surface area contributed by atoms with Crippen LogP contribution in [-0.4, -0.2) is 0 Å². The van der Waals surface area contributed by atoms with E-state index in [0.29, 0.717) is 16.2 Å². The standard InChI is InChI=1S/C19H8F4N2/c20-15-2-10-9-1-8(7-24)19(25)6-14(9)13-5-18(23)17(22)4-12(13)11(10)3-16(15)21/h1-6H,25H2. The summed E-state index contributed by atoms with van der Waals surface area (Å²) in [6.45, 7) is 0. The zero-order valence-electron chi connectivity index (χ0n) is 12.5. The highest BCUT2D eigenvalue weighted by molar-refractivity contribution is 6.26. The minimum absolute atomic E-state index is 0.153. The number of halogens is 4. The summed E-state index contributed by atoms with van der Waals surface area (Å²) in [4.78, 5) is 0. The van der Waals surface area contributed by atoms with Crippen LogP contribution in [0, 0.1) is 34.6 Å². The first kappa shape index (κ1) is 15.2. The lowest BCUT2D eigenvalue weighted by Crippen LogP contribution is -1.95. The Kier molecular flexibility index (Phi) is 3.09. The molecule has 122 valence electrons. The van der Waals surface area contributed by atoms with Crippen molar-refractivity contribution in [3.63, 3.8) is 0 Å². The van der Waals surface area contributed by atoms with Gasteiger partial charge in [-0.05, 0) is 68.7 Å². The predicted molar refractivity (Wildman–Crippen MR) is 87.9 cm³/mol. The Balaban J connectivity index is 2.39. The van der Waals surface area contributed by atoms with Crippen LogP contribution >= 0.6 is 0 Å². The molecule has 4 aromatic rings. The molecule has 0 aliphatic carbocycles. The summed E-state index contributed by atoms with van der Waals surface area (Å²) in [5.41, 5.74) is 6.14. The van der Waals surface area contributed by atoms with Crippen LogP contribution in [0.15, 0.2) is 36.4 Å². The third-order valence-corrected chi connectivity index (χ3v) is 4.30. The van der Waals surface area contributed by atoms with Gasteiger partial charge in [-0.1, -0.05) is 0 Å². The Morgan fingerprint density at radius 1 is 0.600 bits per heavy atom. The number of nitrogens with zero attached hydrogens (tertiary/aromatic N) is 1. The van der Waals surface area contributed by atoms with E-state index in [-0.39, 0.29) is 27.4 Å². The fraction of sp³-hybridized carbons (Fsp3) is 0. The lowest BCUT2D eigenvalue weighted by atomic mass is 9.92. The number of hydrogen-bond acceptors (Lipinski definition) is 2. The van der Waals surface area contributed by atoms with Crippen molar-refractivity contribution in [3.8, 4) is 6.07 Å². The molecule has 0 radical (unpaired) electrons. The van der Waals surface area contributed by atoms with Crippen LogP contribution in [-0.2, 0) is 0 Å². The maximum absolute atomic E-state index is 13.8. The van der Waals surface area contributed by atoms with Gasteiger partial charge in [0.1, 0.15) is 6.07 Å². The molecule has 0 aliphatic heterocycles. The van der Waals surface area contributed by atoms with E-state index in [0.717, 1.165) is 24.3 Å². The quantitative estimate of drug-likeness (QED) is 0.273. The topological polar surface area (TPSA) is 49.8 Å². The molecule has 0 aromatic heterocycles. The van der Waals surface area contributed by atoms with Crippen molar-refractivity contribution in [2.75, 3.05) is 5.73 Å². The number of fused-ring (bicyclic) bond motifs is 6. The van der Waals surface area contributed by atoms with Gasteiger partial charge >= 0.3 is 0 Å². The van der Waals surface area contributed by atoms with Crippen LogP contribution in [0.5, 0.6) is 0 Å². The molecular formula is C19H8F4N2. The van der Waals surface area contributed by atoms with Crippen molar-refractivity contribution in [2.45, 2.75) is 0 Å². The van der Waals surface area contributed by atoms with Crippen LogP contribution in [0.4, 0.5) is 23.2 Å². The monoisotopic (exact) mass is 340 g/mol. The van der Waals surface area contributed by atoms with E-state index in [1.165, 1.54) is 12.1 Å². The molecule has 0 unspecified atom stereocenters. The molecule has 2 nitrogen and oxygen atoms in total. The maximum Gasteiger partial charge on any atom is 0.159 e. The van der Waals surface area contributed by atoms with E-state index >= 15 is 0 Å². The summed E-state index contributed by atoms with van der Waals surface area (Å²) in [6.07, 6.45) is 0. The molecule has 2 N–H and O–H groups in total. The van der Waals surface area contributed by atoms with Crippen LogP contribution in [0.25, 0.3) is 32.3 Å². The summed E-state index contributed by atoms with van der Waals surface area (Å²) >= 11 is 0. The number of nitrogens with two attached hydrogens (primary N) is 1. The van der Waals surface area contributed by atoms with Gasteiger partial charge in [0.2, 0.25) is 0 Å². The molecule has 0 atom stereocenters. The number of nitriles is 1. The first-order valence-electron chi connectivity index (χ1n) is 7.23. The van der Waals surface area contributed by atoms with Gasteiger partial charge in [0.25, 0.3) is 0 Å². The second-order valence-corrected chi connectivity index (χ2v) is 5.72. The number of anilines is 1. The summed E-state index contributed by atoms with van der Waals surface area (Å²) in [5, 5.41) is 11.0. The Morgan fingerprint density at radius 2 is 0.920 bits per heavy atom. The Hall–Kier alpha value is -3.33. The van der Waals surface area contributed by atoms with E-state index in [9.17, 15) is 17.6 Å². The van der Waals surface area contributed by atoms with Crippen molar-refractivity contribution in [1.29, 1.82) is 5.26 Å². The second kappa shape index (κ2) is 5.08. The van der Waals surface area contributed by atoms with Crippen molar-refractivity contribution in [3.05, 3.63) is 65.2 Å². The minimum atomic E-state index is -1.10. The predicted octanol–water partition coefficient (Wildman–Crippen LogP) is 5.16. The largest absolute Gasteiger partial charge is 0.398 e. The maximum atomic E-state index is 13.8. The fourth-order valence-corrected chi connectivity index (χ4v) is 3.14. The average Bonchev–Trinajstić information content (AvgIpc) is 2.58. The second-order valence-electron chi connectivity index (χ2n) is 5.72. The fourth-order valence-electron chi connectivity index (χ4n) is 3.14. The van der Waals surface area contributed by atoms with Gasteiger partial charge < -0.3 is 5.73 Å². The van der Waals surface area contributed by atoms with E-state index in [1.807, 2.05) is 6.07 Å². The van der Waals surface area contributed by atoms with Gasteiger partial charge in [-0.2, -0.15) is 5.26 Å². The number of benzene rings is 4. The molecule has 4 aromatic carbocycles. The number of rotatable bonds is 0. The lowest BCUT2D eigenvalue weighted by molar-refractivity contribution is 0.510. The summed E-state index contributed by atoms with van der Waals surface area (Å²) in [6, 6.07) is 8.65. The van der Waals surface area contributed by atoms with Gasteiger partial charge in [0, 0.05) is 0 Å². The first-order chi connectivity index (χ1) is 11.9. The molecule has 4 rings (SSSR count). The van der Waals surface area contributed by atoms with Crippen molar-refractivity contribution >= 4 is 38.0 Å². The molecule has 0 bridgehead atoms. The summed E-state index contributed by atoms with van der Waals surface area (Å²) in [5.74, 6) is -4.35. The summed E-state index contributed by atoms with van der Waals surface area (Å²) in [7, 11) is 0. The zero-order chi connectivity index (χ0) is 17.9. The Morgan fingerprint density at radius 3 is 1.28 bits per heavy atom. The molecular weight excluding hydrogens is 332 g/mol. The van der Waals surface area contributed by atoms with E-state index < -0.39 is 23.3 Å². The van der Waals surface area contributed by atoms with E-state index in [4.69, 9.17) is 11.0 Å². The molecule has 0 aliphatic rings. The Bertz CT molecular complexity index is 1220. The molecule has 0 saturated heterocycles.